The maximum Gasteiger partial charge on any atom is 0.0931 e. The van der Waals surface area contributed by atoms with Gasteiger partial charge in [-0.3, -0.25) is 0 Å². The van der Waals surface area contributed by atoms with E-state index < -0.39 is 0 Å². The molecule has 3 heteroatoms. The lowest BCUT2D eigenvalue weighted by atomic mass is 10.1. The van der Waals surface area contributed by atoms with Crippen molar-refractivity contribution >= 4 is 11.3 Å². The van der Waals surface area contributed by atoms with E-state index in [2.05, 4.69) is 23.2 Å². The number of nitrogens with zero attached hydrogens (tertiary/aromatic N) is 1. The molecular formula is C15H18N2S. The Labute approximate surface area is 112 Å². The first-order valence-electron chi connectivity index (χ1n) is 6.64. The van der Waals surface area contributed by atoms with Crippen molar-refractivity contribution in [2.75, 3.05) is 6.54 Å². The van der Waals surface area contributed by atoms with Crippen LogP contribution in [-0.2, 0) is 19.3 Å². The van der Waals surface area contributed by atoms with E-state index >= 15 is 0 Å². The number of aryl methyl sites for hydroxylation is 3. The average molecular weight is 258 g/mol. The van der Waals surface area contributed by atoms with Crippen LogP contribution in [0, 0.1) is 0 Å². The van der Waals surface area contributed by atoms with Gasteiger partial charge in [-0.1, -0.05) is 18.2 Å². The number of hydrogen-bond acceptors (Lipinski definition) is 3. The first-order valence-corrected chi connectivity index (χ1v) is 7.45. The van der Waals surface area contributed by atoms with E-state index in [1.54, 1.807) is 11.3 Å². The Balaban J connectivity index is 1.83. The van der Waals surface area contributed by atoms with Crippen molar-refractivity contribution in [2.45, 2.75) is 32.1 Å². The average Bonchev–Trinajstić information content (AvgIpc) is 3.04. The molecule has 0 bridgehead atoms. The lowest BCUT2D eigenvalue weighted by Gasteiger charge is -2.02. The highest BCUT2D eigenvalue weighted by Crippen LogP contribution is 2.31. The number of hydrogen-bond donors (Lipinski definition) is 1. The van der Waals surface area contributed by atoms with Gasteiger partial charge in [0.2, 0.25) is 0 Å². The van der Waals surface area contributed by atoms with E-state index in [4.69, 9.17) is 5.73 Å². The summed E-state index contributed by atoms with van der Waals surface area (Å²) < 4.78 is 0. The molecule has 1 heterocycles. The minimum absolute atomic E-state index is 0.744. The second-order valence-electron chi connectivity index (χ2n) is 4.85. The molecule has 2 aromatic rings. The Kier molecular flexibility index (Phi) is 3.43. The van der Waals surface area contributed by atoms with Gasteiger partial charge < -0.3 is 5.73 Å². The largest absolute Gasteiger partial charge is 0.330 e. The number of aromatic nitrogens is 1. The molecule has 1 aliphatic rings. The third kappa shape index (κ3) is 2.33. The molecule has 0 fully saturated rings. The second kappa shape index (κ2) is 5.21. The number of thiazole rings is 1. The van der Waals surface area contributed by atoms with Crippen molar-refractivity contribution in [3.63, 3.8) is 0 Å². The third-order valence-electron chi connectivity index (χ3n) is 3.53. The fourth-order valence-electron chi connectivity index (χ4n) is 2.54. The number of rotatable bonds is 4. The van der Waals surface area contributed by atoms with Crippen LogP contribution in [0.4, 0.5) is 0 Å². The first-order chi connectivity index (χ1) is 8.86. The molecule has 1 aliphatic carbocycles. The lowest BCUT2D eigenvalue weighted by molar-refractivity contribution is 0.826. The molecule has 94 valence electrons. The van der Waals surface area contributed by atoms with Crippen molar-refractivity contribution in [3.8, 4) is 10.4 Å². The van der Waals surface area contributed by atoms with E-state index in [0.717, 1.165) is 19.4 Å². The van der Waals surface area contributed by atoms with E-state index in [1.807, 2.05) is 6.20 Å². The van der Waals surface area contributed by atoms with Gasteiger partial charge in [0.25, 0.3) is 0 Å². The van der Waals surface area contributed by atoms with E-state index in [9.17, 15) is 0 Å². The van der Waals surface area contributed by atoms with Crippen molar-refractivity contribution in [2.24, 2.45) is 5.73 Å². The zero-order valence-corrected chi connectivity index (χ0v) is 11.3. The summed E-state index contributed by atoms with van der Waals surface area (Å²) in [7, 11) is 0. The maximum absolute atomic E-state index is 5.53. The molecule has 18 heavy (non-hydrogen) atoms. The molecule has 0 amide bonds. The molecule has 0 saturated carbocycles. The van der Waals surface area contributed by atoms with Gasteiger partial charge in [-0.25, -0.2) is 4.98 Å². The first kappa shape index (κ1) is 11.9. The van der Waals surface area contributed by atoms with Crippen molar-refractivity contribution in [1.29, 1.82) is 0 Å². The molecule has 1 aromatic heterocycles. The van der Waals surface area contributed by atoms with Gasteiger partial charge in [0.1, 0.15) is 0 Å². The summed E-state index contributed by atoms with van der Waals surface area (Å²) in [4.78, 5) is 5.78. The van der Waals surface area contributed by atoms with Crippen LogP contribution in [0.1, 0.15) is 29.0 Å². The quantitative estimate of drug-likeness (QED) is 0.914. The van der Waals surface area contributed by atoms with Crippen LogP contribution in [0.25, 0.3) is 10.4 Å². The summed E-state index contributed by atoms with van der Waals surface area (Å²) >= 11 is 1.80. The Hall–Kier alpha value is -1.19. The monoisotopic (exact) mass is 258 g/mol. The predicted molar refractivity (Wildman–Crippen MR) is 77.0 cm³/mol. The lowest BCUT2D eigenvalue weighted by Crippen LogP contribution is -1.99. The van der Waals surface area contributed by atoms with E-state index in [0.29, 0.717) is 0 Å². The molecule has 0 radical (unpaired) electrons. The van der Waals surface area contributed by atoms with Crippen LogP contribution >= 0.6 is 11.3 Å². The molecule has 2 N–H and O–H groups in total. The fraction of sp³-hybridized carbons (Fsp3) is 0.400. The predicted octanol–water partition coefficient (Wildman–Crippen LogP) is 3.19. The second-order valence-corrected chi connectivity index (χ2v) is 5.96. The summed E-state index contributed by atoms with van der Waals surface area (Å²) in [6.07, 6.45) is 7.84. The fourth-order valence-corrected chi connectivity index (χ4v) is 3.49. The zero-order chi connectivity index (χ0) is 12.4. The number of benzene rings is 1. The normalized spacial score (nSPS) is 13.8. The number of fused-ring (bicyclic) bond motifs is 1. The van der Waals surface area contributed by atoms with Crippen molar-refractivity contribution in [3.05, 3.63) is 40.5 Å². The van der Waals surface area contributed by atoms with Gasteiger partial charge in [-0.15, -0.1) is 11.3 Å². The topological polar surface area (TPSA) is 38.9 Å². The molecule has 0 atom stereocenters. The summed E-state index contributed by atoms with van der Waals surface area (Å²) in [5, 5.41) is 1.20. The highest BCUT2D eigenvalue weighted by atomic mass is 32.1. The third-order valence-corrected chi connectivity index (χ3v) is 4.64. The van der Waals surface area contributed by atoms with Crippen LogP contribution in [0.15, 0.2) is 24.4 Å². The van der Waals surface area contributed by atoms with Gasteiger partial charge in [0, 0.05) is 12.6 Å². The van der Waals surface area contributed by atoms with E-state index in [-0.39, 0.29) is 0 Å². The minimum Gasteiger partial charge on any atom is -0.330 e. The van der Waals surface area contributed by atoms with Crippen LogP contribution in [0.3, 0.4) is 0 Å². The van der Waals surface area contributed by atoms with Crippen molar-refractivity contribution < 1.29 is 0 Å². The molecule has 0 aliphatic heterocycles. The molecule has 1 aromatic carbocycles. The van der Waals surface area contributed by atoms with Crippen LogP contribution in [0.2, 0.25) is 0 Å². The molecule has 0 spiro atoms. The summed E-state index contributed by atoms with van der Waals surface area (Å²) in [5.74, 6) is 0. The maximum atomic E-state index is 5.53. The van der Waals surface area contributed by atoms with Gasteiger partial charge in [0.15, 0.2) is 0 Å². The zero-order valence-electron chi connectivity index (χ0n) is 10.5. The standard InChI is InChI=1S/C15H18N2S/c16-8-2-5-15-17-10-14(18-15)13-7-6-11-3-1-4-12(11)9-13/h6-7,9-10H,1-5,8,16H2. The smallest absolute Gasteiger partial charge is 0.0931 e. The van der Waals surface area contributed by atoms with Gasteiger partial charge in [-0.05, 0) is 48.9 Å². The summed E-state index contributed by atoms with van der Waals surface area (Å²) in [6, 6.07) is 6.88. The highest BCUT2D eigenvalue weighted by Gasteiger charge is 2.12. The van der Waals surface area contributed by atoms with Gasteiger partial charge in [-0.2, -0.15) is 0 Å². The Morgan fingerprint density at radius 3 is 3.00 bits per heavy atom. The Morgan fingerprint density at radius 2 is 2.11 bits per heavy atom. The number of nitrogens with two attached hydrogens (primary N) is 1. The van der Waals surface area contributed by atoms with Crippen LogP contribution < -0.4 is 5.73 Å². The summed E-state index contributed by atoms with van der Waals surface area (Å²) in [6.45, 7) is 0.744. The van der Waals surface area contributed by atoms with E-state index in [1.165, 1.54) is 45.8 Å². The van der Waals surface area contributed by atoms with Gasteiger partial charge >= 0.3 is 0 Å². The van der Waals surface area contributed by atoms with Crippen LogP contribution in [0.5, 0.6) is 0 Å². The Bertz CT molecular complexity index is 545. The van der Waals surface area contributed by atoms with Gasteiger partial charge in [0.05, 0.1) is 9.88 Å². The SMILES string of the molecule is NCCCc1ncc(-c2ccc3c(c2)CCC3)s1. The molecule has 2 nitrogen and oxygen atoms in total. The molecular weight excluding hydrogens is 240 g/mol. The molecule has 3 rings (SSSR count). The molecule has 0 unspecified atom stereocenters. The van der Waals surface area contributed by atoms with Crippen molar-refractivity contribution in [1.82, 2.24) is 4.98 Å². The minimum atomic E-state index is 0.744. The highest BCUT2D eigenvalue weighted by molar-refractivity contribution is 7.15. The summed E-state index contributed by atoms with van der Waals surface area (Å²) in [5.41, 5.74) is 9.92. The van der Waals surface area contributed by atoms with Crippen LogP contribution in [-0.4, -0.2) is 11.5 Å². The molecule has 0 saturated heterocycles. The Morgan fingerprint density at radius 1 is 1.22 bits per heavy atom.